The Morgan fingerprint density at radius 1 is 1.12 bits per heavy atom. The van der Waals surface area contributed by atoms with Crippen molar-refractivity contribution in [3.63, 3.8) is 0 Å². The molecule has 0 saturated carbocycles. The monoisotopic (exact) mass is 333 g/mol. The number of carboxylic acids is 1. The van der Waals surface area contributed by atoms with Gasteiger partial charge in [-0.3, -0.25) is 9.59 Å². The van der Waals surface area contributed by atoms with E-state index in [-0.39, 0.29) is 12.3 Å². The van der Waals surface area contributed by atoms with E-state index >= 15 is 0 Å². The molecule has 1 amide bonds. The van der Waals surface area contributed by atoms with E-state index in [2.05, 4.69) is 5.32 Å². The number of rotatable bonds is 8. The first-order valence-electron chi connectivity index (χ1n) is 8.69. The number of unbranched alkanes of at least 4 members (excludes halogenated alkanes) is 2. The van der Waals surface area contributed by atoms with Crippen molar-refractivity contribution < 1.29 is 19.4 Å². The Morgan fingerprint density at radius 2 is 1.79 bits per heavy atom. The molecule has 0 atom stereocenters. The molecule has 2 N–H and O–H groups in total. The third-order valence-corrected chi connectivity index (χ3v) is 4.74. The molecule has 1 fully saturated rings. The van der Waals surface area contributed by atoms with Crippen LogP contribution in [0.2, 0.25) is 0 Å². The number of carbonyl (C=O) groups excluding carboxylic acids is 1. The summed E-state index contributed by atoms with van der Waals surface area (Å²) in [5.41, 5.74) is 1.73. The SMILES string of the molecule is Cc1ccc(C2(C(=O)NCCCCCC(=O)O)CCOCC2)cc1. The van der Waals surface area contributed by atoms with Gasteiger partial charge in [0.05, 0.1) is 5.41 Å². The summed E-state index contributed by atoms with van der Waals surface area (Å²) < 4.78 is 5.46. The minimum absolute atomic E-state index is 0.0629. The van der Waals surface area contributed by atoms with Crippen LogP contribution in [0.15, 0.2) is 24.3 Å². The Morgan fingerprint density at radius 3 is 2.42 bits per heavy atom. The molecule has 1 heterocycles. The number of aliphatic carboxylic acids is 1. The van der Waals surface area contributed by atoms with Gasteiger partial charge in [-0.25, -0.2) is 0 Å². The number of aryl methyl sites for hydroxylation is 1. The molecule has 2 rings (SSSR count). The molecule has 24 heavy (non-hydrogen) atoms. The summed E-state index contributed by atoms with van der Waals surface area (Å²) in [5, 5.41) is 11.7. The van der Waals surface area contributed by atoms with Crippen molar-refractivity contribution >= 4 is 11.9 Å². The zero-order chi connectivity index (χ0) is 17.4. The molecule has 0 spiro atoms. The van der Waals surface area contributed by atoms with Crippen LogP contribution in [0.25, 0.3) is 0 Å². The first kappa shape index (κ1) is 18.5. The lowest BCUT2D eigenvalue weighted by Gasteiger charge is -2.36. The second-order valence-corrected chi connectivity index (χ2v) is 6.52. The summed E-state index contributed by atoms with van der Waals surface area (Å²) in [6.45, 7) is 3.82. The Hall–Kier alpha value is -1.88. The highest BCUT2D eigenvalue weighted by Gasteiger charge is 2.41. The molecule has 1 aliphatic rings. The van der Waals surface area contributed by atoms with E-state index in [4.69, 9.17) is 9.84 Å². The molecule has 1 aromatic carbocycles. The van der Waals surface area contributed by atoms with Gasteiger partial charge in [0.25, 0.3) is 0 Å². The first-order chi connectivity index (χ1) is 11.5. The summed E-state index contributed by atoms with van der Waals surface area (Å²) >= 11 is 0. The van der Waals surface area contributed by atoms with Gasteiger partial charge in [0, 0.05) is 26.2 Å². The van der Waals surface area contributed by atoms with Crippen molar-refractivity contribution in [2.24, 2.45) is 0 Å². The molecular formula is C19H27NO4. The fraction of sp³-hybridized carbons (Fsp3) is 0.579. The summed E-state index contributed by atoms with van der Waals surface area (Å²) in [6.07, 6.45) is 3.86. The number of carboxylic acid groups (broad SMARTS) is 1. The molecule has 5 nitrogen and oxygen atoms in total. The zero-order valence-corrected chi connectivity index (χ0v) is 14.3. The zero-order valence-electron chi connectivity index (χ0n) is 14.3. The van der Waals surface area contributed by atoms with E-state index < -0.39 is 11.4 Å². The van der Waals surface area contributed by atoms with Crippen molar-refractivity contribution in [1.82, 2.24) is 5.32 Å². The van der Waals surface area contributed by atoms with E-state index in [1.54, 1.807) is 0 Å². The molecule has 1 aromatic rings. The molecule has 0 aliphatic carbocycles. The van der Waals surface area contributed by atoms with Gasteiger partial charge < -0.3 is 15.2 Å². The normalized spacial score (nSPS) is 16.5. The van der Waals surface area contributed by atoms with Crippen molar-refractivity contribution in [3.05, 3.63) is 35.4 Å². The molecule has 0 radical (unpaired) electrons. The van der Waals surface area contributed by atoms with Gasteiger partial charge in [0.2, 0.25) is 5.91 Å². The minimum Gasteiger partial charge on any atom is -0.481 e. The minimum atomic E-state index is -0.764. The lowest BCUT2D eigenvalue weighted by molar-refractivity contribution is -0.137. The molecule has 0 aromatic heterocycles. The highest BCUT2D eigenvalue weighted by Crippen LogP contribution is 2.35. The maximum atomic E-state index is 12.9. The number of benzene rings is 1. The van der Waals surface area contributed by atoms with E-state index in [0.29, 0.717) is 39.0 Å². The van der Waals surface area contributed by atoms with Gasteiger partial charge in [-0.05, 0) is 38.2 Å². The molecule has 0 bridgehead atoms. The largest absolute Gasteiger partial charge is 0.481 e. The molecule has 132 valence electrons. The van der Waals surface area contributed by atoms with E-state index in [0.717, 1.165) is 18.4 Å². The Labute approximate surface area is 143 Å². The van der Waals surface area contributed by atoms with Crippen LogP contribution < -0.4 is 5.32 Å². The van der Waals surface area contributed by atoms with Crippen LogP contribution in [0.3, 0.4) is 0 Å². The third-order valence-electron chi connectivity index (χ3n) is 4.74. The summed E-state index contributed by atoms with van der Waals surface area (Å²) in [6, 6.07) is 8.19. The molecule has 5 heteroatoms. The average molecular weight is 333 g/mol. The van der Waals surface area contributed by atoms with Gasteiger partial charge in [-0.2, -0.15) is 0 Å². The van der Waals surface area contributed by atoms with Crippen molar-refractivity contribution in [2.45, 2.75) is 50.9 Å². The van der Waals surface area contributed by atoms with Crippen molar-refractivity contribution in [1.29, 1.82) is 0 Å². The summed E-state index contributed by atoms with van der Waals surface area (Å²) in [5.74, 6) is -0.701. The maximum Gasteiger partial charge on any atom is 0.303 e. The smallest absolute Gasteiger partial charge is 0.303 e. The highest BCUT2D eigenvalue weighted by atomic mass is 16.5. The first-order valence-corrected chi connectivity index (χ1v) is 8.69. The quantitative estimate of drug-likeness (QED) is 0.717. The van der Waals surface area contributed by atoms with Gasteiger partial charge in [0.15, 0.2) is 0 Å². The van der Waals surface area contributed by atoms with Crippen LogP contribution in [0.4, 0.5) is 0 Å². The van der Waals surface area contributed by atoms with Crippen molar-refractivity contribution in [2.75, 3.05) is 19.8 Å². The van der Waals surface area contributed by atoms with Crippen LogP contribution in [0.5, 0.6) is 0 Å². The van der Waals surface area contributed by atoms with Crippen LogP contribution in [-0.4, -0.2) is 36.7 Å². The number of hydrogen-bond donors (Lipinski definition) is 2. The van der Waals surface area contributed by atoms with Gasteiger partial charge in [-0.15, -0.1) is 0 Å². The van der Waals surface area contributed by atoms with Crippen LogP contribution in [0.1, 0.15) is 49.7 Å². The van der Waals surface area contributed by atoms with Gasteiger partial charge >= 0.3 is 5.97 Å². The fourth-order valence-electron chi connectivity index (χ4n) is 3.19. The van der Waals surface area contributed by atoms with Gasteiger partial charge in [-0.1, -0.05) is 36.2 Å². The fourth-order valence-corrected chi connectivity index (χ4v) is 3.19. The summed E-state index contributed by atoms with van der Waals surface area (Å²) in [7, 11) is 0. The second-order valence-electron chi connectivity index (χ2n) is 6.52. The Kier molecular flexibility index (Phi) is 6.79. The number of amides is 1. The molecule has 0 unspecified atom stereocenters. The van der Waals surface area contributed by atoms with Crippen LogP contribution in [-0.2, 0) is 19.7 Å². The third kappa shape index (κ3) is 4.81. The van der Waals surface area contributed by atoms with E-state index in [9.17, 15) is 9.59 Å². The lowest BCUT2D eigenvalue weighted by Crippen LogP contribution is -2.48. The van der Waals surface area contributed by atoms with E-state index in [1.165, 1.54) is 5.56 Å². The van der Waals surface area contributed by atoms with Crippen molar-refractivity contribution in [3.8, 4) is 0 Å². The van der Waals surface area contributed by atoms with E-state index in [1.807, 2.05) is 31.2 Å². The number of carbonyl (C=O) groups is 2. The average Bonchev–Trinajstić information content (AvgIpc) is 2.58. The Bertz CT molecular complexity index is 547. The van der Waals surface area contributed by atoms with Crippen LogP contribution in [0, 0.1) is 6.92 Å². The number of hydrogen-bond acceptors (Lipinski definition) is 3. The predicted molar refractivity (Wildman–Crippen MR) is 92.0 cm³/mol. The van der Waals surface area contributed by atoms with Crippen LogP contribution >= 0.6 is 0 Å². The predicted octanol–water partition coefficient (Wildman–Crippen LogP) is 2.80. The maximum absolute atomic E-state index is 12.9. The highest BCUT2D eigenvalue weighted by molar-refractivity contribution is 5.88. The lowest BCUT2D eigenvalue weighted by atomic mass is 9.73. The molecule has 1 saturated heterocycles. The number of nitrogens with one attached hydrogen (secondary N) is 1. The summed E-state index contributed by atoms with van der Waals surface area (Å²) in [4.78, 5) is 23.4. The standard InChI is InChI=1S/C19H27NO4/c1-15-6-8-16(9-7-15)19(10-13-24-14-11-19)18(23)20-12-4-2-3-5-17(21)22/h6-9H,2-5,10-14H2,1H3,(H,20,23)(H,21,22). The topological polar surface area (TPSA) is 75.6 Å². The van der Waals surface area contributed by atoms with Gasteiger partial charge in [0.1, 0.15) is 0 Å². The molecular weight excluding hydrogens is 306 g/mol. The molecule has 1 aliphatic heterocycles. The Balaban J connectivity index is 1.93. The second kappa shape index (κ2) is 8.83. The number of ether oxygens (including phenoxy) is 1.